The molecule has 0 saturated carbocycles. The summed E-state index contributed by atoms with van der Waals surface area (Å²) in [4.78, 5) is 0.281. The van der Waals surface area contributed by atoms with Crippen LogP contribution >= 0.6 is 31.9 Å². The van der Waals surface area contributed by atoms with Gasteiger partial charge in [0.15, 0.2) is 0 Å². The lowest BCUT2D eigenvalue weighted by Crippen LogP contribution is -2.48. The molecular weight excluding hydrogens is 398 g/mol. The minimum Gasteiger partial charge on any atom is -0.373 e. The van der Waals surface area contributed by atoms with Crippen LogP contribution in [0, 0.1) is 0 Å². The zero-order valence-electron chi connectivity index (χ0n) is 10.6. The van der Waals surface area contributed by atoms with E-state index in [1.54, 1.807) is 18.2 Å². The van der Waals surface area contributed by atoms with Crippen molar-refractivity contribution in [2.75, 3.05) is 13.1 Å². The third-order valence-corrected chi connectivity index (χ3v) is 6.22. The van der Waals surface area contributed by atoms with Crippen molar-refractivity contribution in [2.24, 2.45) is 0 Å². The molecular formula is C12H15Br2NO3S. The van der Waals surface area contributed by atoms with Gasteiger partial charge in [-0.25, -0.2) is 8.42 Å². The molecule has 0 amide bonds. The number of benzene rings is 1. The topological polar surface area (TPSA) is 46.6 Å². The van der Waals surface area contributed by atoms with Gasteiger partial charge in [-0.1, -0.05) is 15.9 Å². The van der Waals surface area contributed by atoms with Crippen LogP contribution in [0.15, 0.2) is 32.0 Å². The summed E-state index contributed by atoms with van der Waals surface area (Å²) in [7, 11) is -3.50. The number of ether oxygens (including phenoxy) is 1. The standard InChI is InChI=1S/C12H15Br2NO3S/c1-8-6-15(7-9(2)18-8)19(16,17)12-5-10(13)3-4-11(12)14/h3-5,8-9H,6-7H2,1-2H3/t8-,9-/m0/s1. The van der Waals surface area contributed by atoms with E-state index < -0.39 is 10.0 Å². The number of morpholine rings is 1. The van der Waals surface area contributed by atoms with E-state index in [9.17, 15) is 8.42 Å². The highest BCUT2D eigenvalue weighted by Gasteiger charge is 2.33. The summed E-state index contributed by atoms with van der Waals surface area (Å²) < 4.78 is 33.7. The van der Waals surface area contributed by atoms with Gasteiger partial charge in [-0.05, 0) is 48.0 Å². The van der Waals surface area contributed by atoms with Gasteiger partial charge in [-0.2, -0.15) is 4.31 Å². The molecule has 1 fully saturated rings. The zero-order valence-corrected chi connectivity index (χ0v) is 14.6. The molecule has 0 aromatic heterocycles. The molecule has 7 heteroatoms. The van der Waals surface area contributed by atoms with Crippen LogP contribution in [-0.4, -0.2) is 38.0 Å². The fraction of sp³-hybridized carbons (Fsp3) is 0.500. The smallest absolute Gasteiger partial charge is 0.244 e. The van der Waals surface area contributed by atoms with E-state index in [4.69, 9.17) is 4.74 Å². The second-order valence-corrected chi connectivity index (χ2v) is 8.33. The monoisotopic (exact) mass is 411 g/mol. The van der Waals surface area contributed by atoms with Gasteiger partial charge < -0.3 is 4.74 Å². The molecule has 2 rings (SSSR count). The van der Waals surface area contributed by atoms with E-state index in [1.165, 1.54) is 4.31 Å². The van der Waals surface area contributed by atoms with Gasteiger partial charge in [-0.3, -0.25) is 0 Å². The van der Waals surface area contributed by atoms with Crippen LogP contribution in [-0.2, 0) is 14.8 Å². The fourth-order valence-electron chi connectivity index (χ4n) is 2.14. The molecule has 0 radical (unpaired) electrons. The minimum atomic E-state index is -3.50. The number of sulfonamides is 1. The Morgan fingerprint density at radius 3 is 2.37 bits per heavy atom. The largest absolute Gasteiger partial charge is 0.373 e. The molecule has 1 heterocycles. The van der Waals surface area contributed by atoms with Gasteiger partial charge in [0.1, 0.15) is 0 Å². The van der Waals surface area contributed by atoms with Gasteiger partial charge in [0.05, 0.1) is 17.1 Å². The van der Waals surface area contributed by atoms with Crippen LogP contribution < -0.4 is 0 Å². The molecule has 2 atom stereocenters. The predicted octanol–water partition coefficient (Wildman–Crippen LogP) is 3.01. The predicted molar refractivity (Wildman–Crippen MR) is 80.6 cm³/mol. The van der Waals surface area contributed by atoms with E-state index in [-0.39, 0.29) is 17.1 Å². The Hall–Kier alpha value is 0.0500. The van der Waals surface area contributed by atoms with Gasteiger partial charge in [0, 0.05) is 22.0 Å². The van der Waals surface area contributed by atoms with Crippen molar-refractivity contribution in [1.82, 2.24) is 4.31 Å². The van der Waals surface area contributed by atoms with Gasteiger partial charge >= 0.3 is 0 Å². The van der Waals surface area contributed by atoms with Crippen molar-refractivity contribution in [1.29, 1.82) is 0 Å². The molecule has 1 aromatic rings. The minimum absolute atomic E-state index is 0.0931. The van der Waals surface area contributed by atoms with Crippen molar-refractivity contribution in [3.8, 4) is 0 Å². The highest BCUT2D eigenvalue weighted by atomic mass is 79.9. The number of hydrogen-bond acceptors (Lipinski definition) is 3. The lowest BCUT2D eigenvalue weighted by molar-refractivity contribution is -0.0440. The lowest BCUT2D eigenvalue weighted by atomic mass is 10.3. The Balaban J connectivity index is 2.39. The Labute approximate surface area is 130 Å². The van der Waals surface area contributed by atoms with Crippen molar-refractivity contribution in [3.05, 3.63) is 27.1 Å². The number of halogens is 2. The normalized spacial score (nSPS) is 25.5. The Morgan fingerprint density at radius 2 is 1.79 bits per heavy atom. The third kappa shape index (κ3) is 3.39. The van der Waals surface area contributed by atoms with Gasteiger partial charge in [0.25, 0.3) is 0 Å². The molecule has 1 aliphatic rings. The fourth-order valence-corrected chi connectivity index (χ4v) is 5.19. The summed E-state index contributed by atoms with van der Waals surface area (Å²) in [5, 5.41) is 0. The second kappa shape index (κ2) is 5.81. The molecule has 0 bridgehead atoms. The maximum Gasteiger partial charge on any atom is 0.244 e. The van der Waals surface area contributed by atoms with Crippen LogP contribution in [0.1, 0.15) is 13.8 Å². The Bertz CT molecular complexity index is 566. The summed E-state index contributed by atoms with van der Waals surface area (Å²) in [6, 6.07) is 5.14. The maximum absolute atomic E-state index is 12.7. The zero-order chi connectivity index (χ0) is 14.2. The molecule has 0 aliphatic carbocycles. The Morgan fingerprint density at radius 1 is 1.21 bits per heavy atom. The van der Waals surface area contributed by atoms with Crippen molar-refractivity contribution in [2.45, 2.75) is 31.0 Å². The van der Waals surface area contributed by atoms with Crippen LogP contribution in [0.2, 0.25) is 0 Å². The molecule has 0 spiro atoms. The molecule has 1 aliphatic heterocycles. The molecule has 0 N–H and O–H groups in total. The first-order valence-corrected chi connectivity index (χ1v) is 8.94. The first kappa shape index (κ1) is 15.4. The van der Waals surface area contributed by atoms with E-state index in [0.717, 1.165) is 4.47 Å². The summed E-state index contributed by atoms with van der Waals surface area (Å²) in [5.74, 6) is 0. The van der Waals surface area contributed by atoms with Crippen LogP contribution in [0.5, 0.6) is 0 Å². The highest BCUT2D eigenvalue weighted by Crippen LogP contribution is 2.29. The molecule has 0 unspecified atom stereocenters. The molecule has 106 valence electrons. The third-order valence-electron chi connectivity index (χ3n) is 2.90. The van der Waals surface area contributed by atoms with Crippen molar-refractivity contribution >= 4 is 41.9 Å². The summed E-state index contributed by atoms with van der Waals surface area (Å²) in [6.45, 7) is 4.53. The van der Waals surface area contributed by atoms with E-state index in [1.807, 2.05) is 13.8 Å². The quantitative estimate of drug-likeness (QED) is 0.749. The number of hydrogen-bond donors (Lipinski definition) is 0. The van der Waals surface area contributed by atoms with Crippen molar-refractivity contribution < 1.29 is 13.2 Å². The highest BCUT2D eigenvalue weighted by molar-refractivity contribution is 9.11. The average molecular weight is 413 g/mol. The molecule has 19 heavy (non-hydrogen) atoms. The first-order valence-electron chi connectivity index (χ1n) is 5.91. The lowest BCUT2D eigenvalue weighted by Gasteiger charge is -2.34. The maximum atomic E-state index is 12.7. The molecule has 1 saturated heterocycles. The average Bonchev–Trinajstić information content (AvgIpc) is 2.31. The van der Waals surface area contributed by atoms with E-state index in [2.05, 4.69) is 31.9 Å². The van der Waals surface area contributed by atoms with Crippen LogP contribution in [0.4, 0.5) is 0 Å². The van der Waals surface area contributed by atoms with Gasteiger partial charge in [-0.15, -0.1) is 0 Å². The summed E-state index contributed by atoms with van der Waals surface area (Å²) >= 11 is 6.61. The van der Waals surface area contributed by atoms with Crippen molar-refractivity contribution in [3.63, 3.8) is 0 Å². The summed E-state index contributed by atoms with van der Waals surface area (Å²) in [5.41, 5.74) is 0. The van der Waals surface area contributed by atoms with E-state index >= 15 is 0 Å². The second-order valence-electron chi connectivity index (χ2n) is 4.65. The molecule has 4 nitrogen and oxygen atoms in total. The Kier molecular flexibility index (Phi) is 4.72. The SMILES string of the molecule is C[C@H]1CN(S(=O)(=O)c2cc(Br)ccc2Br)C[C@H](C)O1. The van der Waals surface area contributed by atoms with Crippen LogP contribution in [0.3, 0.4) is 0 Å². The number of nitrogens with zero attached hydrogens (tertiary/aromatic N) is 1. The van der Waals surface area contributed by atoms with E-state index in [0.29, 0.717) is 17.6 Å². The van der Waals surface area contributed by atoms with Gasteiger partial charge in [0.2, 0.25) is 10.0 Å². The van der Waals surface area contributed by atoms with Crippen LogP contribution in [0.25, 0.3) is 0 Å². The molecule has 1 aromatic carbocycles. The summed E-state index contributed by atoms with van der Waals surface area (Å²) in [6.07, 6.45) is -0.186. The first-order chi connectivity index (χ1) is 8.80. The number of rotatable bonds is 2.